The Morgan fingerprint density at radius 1 is 1.18 bits per heavy atom. The summed E-state index contributed by atoms with van der Waals surface area (Å²) in [5, 5.41) is 19.5. The van der Waals surface area contributed by atoms with E-state index in [9.17, 15) is 4.39 Å². The number of hydrogen-bond donors (Lipinski definition) is 1. The van der Waals surface area contributed by atoms with Gasteiger partial charge in [-0.05, 0) is 30.5 Å². The highest BCUT2D eigenvalue weighted by Gasteiger charge is 2.24. The van der Waals surface area contributed by atoms with Crippen LogP contribution in [-0.2, 0) is 12.0 Å². The highest BCUT2D eigenvalue weighted by atomic mass is 19.1. The number of nitrogens with zero attached hydrogens (tertiary/aromatic N) is 6. The van der Waals surface area contributed by atoms with Crippen molar-refractivity contribution in [1.82, 2.24) is 35.0 Å². The van der Waals surface area contributed by atoms with Crippen LogP contribution in [0.15, 0.2) is 30.6 Å². The van der Waals surface area contributed by atoms with E-state index in [2.05, 4.69) is 51.2 Å². The summed E-state index contributed by atoms with van der Waals surface area (Å²) in [7, 11) is 0. The molecule has 28 heavy (non-hydrogen) atoms. The van der Waals surface area contributed by atoms with Gasteiger partial charge >= 0.3 is 0 Å². The lowest BCUT2D eigenvalue weighted by atomic mass is 9.88. The molecule has 0 bridgehead atoms. The maximum Gasteiger partial charge on any atom is 0.236 e. The molecule has 0 aliphatic carbocycles. The minimum absolute atomic E-state index is 0.178. The van der Waals surface area contributed by atoms with Crippen LogP contribution in [-0.4, -0.2) is 35.0 Å². The molecule has 9 heteroatoms. The van der Waals surface area contributed by atoms with Crippen LogP contribution in [0.4, 0.5) is 4.39 Å². The van der Waals surface area contributed by atoms with Crippen molar-refractivity contribution in [2.24, 2.45) is 0 Å². The molecule has 0 spiro atoms. The number of nitrogens with one attached hydrogen (secondary N) is 1. The average Bonchev–Trinajstić information content (AvgIpc) is 3.29. The van der Waals surface area contributed by atoms with E-state index in [0.717, 1.165) is 11.1 Å². The largest absolute Gasteiger partial charge is 0.468 e. The zero-order valence-corrected chi connectivity index (χ0v) is 16.1. The second kappa shape index (κ2) is 6.66. The first-order valence-electron chi connectivity index (χ1n) is 8.83. The molecule has 0 aliphatic heterocycles. The van der Waals surface area contributed by atoms with E-state index in [4.69, 9.17) is 4.74 Å². The lowest BCUT2D eigenvalue weighted by Gasteiger charge is -2.21. The lowest BCUT2D eigenvalue weighted by Crippen LogP contribution is -2.16. The zero-order chi connectivity index (χ0) is 19.9. The fourth-order valence-electron chi connectivity index (χ4n) is 2.88. The fraction of sp³-hybridized carbons (Fsp3) is 0.316. The first-order valence-corrected chi connectivity index (χ1v) is 8.83. The van der Waals surface area contributed by atoms with Crippen molar-refractivity contribution in [3.63, 3.8) is 0 Å². The number of aromatic amines is 1. The Morgan fingerprint density at radius 3 is 2.71 bits per heavy atom. The van der Waals surface area contributed by atoms with Crippen LogP contribution < -0.4 is 4.74 Å². The van der Waals surface area contributed by atoms with Crippen molar-refractivity contribution in [3.05, 3.63) is 53.4 Å². The van der Waals surface area contributed by atoms with E-state index in [1.807, 2.05) is 13.0 Å². The van der Waals surface area contributed by atoms with E-state index in [1.54, 1.807) is 12.1 Å². The maximum absolute atomic E-state index is 14.4. The predicted octanol–water partition coefficient (Wildman–Crippen LogP) is 3.23. The highest BCUT2D eigenvalue weighted by molar-refractivity contribution is 5.61. The monoisotopic (exact) mass is 381 g/mol. The molecule has 0 unspecified atom stereocenters. The van der Waals surface area contributed by atoms with Crippen molar-refractivity contribution >= 4 is 5.65 Å². The molecule has 0 aliphatic rings. The van der Waals surface area contributed by atoms with Gasteiger partial charge in [-0.15, -0.1) is 15.3 Å². The van der Waals surface area contributed by atoms with E-state index in [-0.39, 0.29) is 17.8 Å². The summed E-state index contributed by atoms with van der Waals surface area (Å²) in [6, 6.07) is 6.71. The summed E-state index contributed by atoms with van der Waals surface area (Å²) < 4.78 is 21.8. The Hall–Kier alpha value is -3.36. The van der Waals surface area contributed by atoms with Crippen molar-refractivity contribution in [2.45, 2.75) is 39.7 Å². The second-order valence-electron chi connectivity index (χ2n) is 7.61. The van der Waals surface area contributed by atoms with Crippen LogP contribution >= 0.6 is 0 Å². The number of hydrogen-bond acceptors (Lipinski definition) is 6. The molecule has 3 aromatic heterocycles. The number of benzene rings is 1. The Kier molecular flexibility index (Phi) is 4.29. The molecule has 4 aromatic rings. The second-order valence-corrected chi connectivity index (χ2v) is 7.61. The van der Waals surface area contributed by atoms with Crippen LogP contribution in [0.1, 0.15) is 37.7 Å². The first-order chi connectivity index (χ1) is 13.3. The number of rotatable bonds is 4. The molecule has 0 atom stereocenters. The van der Waals surface area contributed by atoms with E-state index >= 15 is 0 Å². The van der Waals surface area contributed by atoms with Gasteiger partial charge in [-0.1, -0.05) is 32.4 Å². The highest BCUT2D eigenvalue weighted by Crippen LogP contribution is 2.32. The Balaban J connectivity index is 1.84. The molecule has 0 fully saturated rings. The van der Waals surface area contributed by atoms with Crippen LogP contribution in [0.5, 0.6) is 5.88 Å². The number of fused-ring (bicyclic) bond motifs is 1. The van der Waals surface area contributed by atoms with Crippen LogP contribution in [0, 0.1) is 12.7 Å². The van der Waals surface area contributed by atoms with Crippen LogP contribution in [0.25, 0.3) is 17.0 Å². The zero-order valence-electron chi connectivity index (χ0n) is 16.1. The molecule has 0 amide bonds. The third-order valence-corrected chi connectivity index (χ3v) is 4.34. The molecule has 0 radical (unpaired) electrons. The molecule has 1 aromatic carbocycles. The van der Waals surface area contributed by atoms with Gasteiger partial charge in [0, 0.05) is 5.56 Å². The van der Waals surface area contributed by atoms with Crippen molar-refractivity contribution < 1.29 is 9.13 Å². The average molecular weight is 381 g/mol. The smallest absolute Gasteiger partial charge is 0.236 e. The summed E-state index contributed by atoms with van der Waals surface area (Å²) in [4.78, 5) is 4.06. The number of H-pyrrole nitrogens is 1. The van der Waals surface area contributed by atoms with Gasteiger partial charge in [0.1, 0.15) is 18.8 Å². The topological polar surface area (TPSA) is 93.9 Å². The van der Waals surface area contributed by atoms with Gasteiger partial charge in [0.25, 0.3) is 0 Å². The summed E-state index contributed by atoms with van der Waals surface area (Å²) in [5.41, 5.74) is 2.40. The van der Waals surface area contributed by atoms with Gasteiger partial charge in [-0.25, -0.2) is 9.37 Å². The van der Waals surface area contributed by atoms with E-state index < -0.39 is 0 Å². The third kappa shape index (κ3) is 3.30. The van der Waals surface area contributed by atoms with E-state index in [0.29, 0.717) is 28.7 Å². The quantitative estimate of drug-likeness (QED) is 0.583. The van der Waals surface area contributed by atoms with Gasteiger partial charge in [-0.2, -0.15) is 9.61 Å². The minimum Gasteiger partial charge on any atom is -0.468 e. The van der Waals surface area contributed by atoms with E-state index in [1.165, 1.54) is 16.9 Å². The molecular weight excluding hydrogens is 361 g/mol. The third-order valence-electron chi connectivity index (χ3n) is 4.34. The van der Waals surface area contributed by atoms with Crippen molar-refractivity contribution in [1.29, 1.82) is 0 Å². The molecule has 0 saturated carbocycles. The van der Waals surface area contributed by atoms with Crippen molar-refractivity contribution in [2.75, 3.05) is 0 Å². The van der Waals surface area contributed by atoms with Gasteiger partial charge < -0.3 is 4.74 Å². The maximum atomic E-state index is 14.4. The molecule has 0 saturated heterocycles. The number of ether oxygens (including phenoxy) is 1. The fourth-order valence-corrected chi connectivity index (χ4v) is 2.88. The summed E-state index contributed by atoms with van der Waals surface area (Å²) in [6.45, 7) is 8.24. The molecule has 3 heterocycles. The Morgan fingerprint density at radius 2 is 2.00 bits per heavy atom. The summed E-state index contributed by atoms with van der Waals surface area (Å²) in [6.07, 6.45) is 1.42. The standard InChI is InChI=1S/C19H20FN7O/c1-11-5-6-14(20)12(7-11)17-25-24-16-8-13(19(2,3)4)18(26-27(16)17)28-9-15-21-10-22-23-15/h5-8,10H,9H2,1-4H3,(H,21,22,23). The molecule has 144 valence electrons. The summed E-state index contributed by atoms with van der Waals surface area (Å²) in [5.74, 6) is 0.924. The van der Waals surface area contributed by atoms with Crippen molar-refractivity contribution in [3.8, 4) is 17.3 Å². The van der Waals surface area contributed by atoms with Crippen LogP contribution in [0.2, 0.25) is 0 Å². The summed E-state index contributed by atoms with van der Waals surface area (Å²) >= 11 is 0. The SMILES string of the molecule is Cc1ccc(F)c(-c2nnc3cc(C(C)(C)C)c(OCc4ncn[nH]4)nn23)c1. The van der Waals surface area contributed by atoms with Gasteiger partial charge in [-0.3, -0.25) is 5.10 Å². The molecular formula is C19H20FN7O. The predicted molar refractivity (Wildman–Crippen MR) is 100 cm³/mol. The van der Waals surface area contributed by atoms with Gasteiger partial charge in [0.15, 0.2) is 17.3 Å². The molecule has 1 N–H and O–H groups in total. The van der Waals surface area contributed by atoms with Gasteiger partial charge in [0.2, 0.25) is 5.88 Å². The Labute approximate surface area is 160 Å². The van der Waals surface area contributed by atoms with Gasteiger partial charge in [0.05, 0.1) is 5.56 Å². The number of aryl methyl sites for hydroxylation is 1. The number of halogens is 1. The van der Waals surface area contributed by atoms with Crippen LogP contribution in [0.3, 0.4) is 0 Å². The molecule has 8 nitrogen and oxygen atoms in total. The minimum atomic E-state index is -0.384. The normalized spacial score (nSPS) is 11.9. The molecule has 4 rings (SSSR count). The first kappa shape index (κ1) is 18.0. The Bertz CT molecular complexity index is 1130. The lowest BCUT2D eigenvalue weighted by molar-refractivity contribution is 0.271. The number of aromatic nitrogens is 7.